The fourth-order valence-corrected chi connectivity index (χ4v) is 2.46. The Morgan fingerprint density at radius 1 is 1.33 bits per heavy atom. The molecule has 1 unspecified atom stereocenters. The first-order chi connectivity index (χ1) is 8.81. The molecular formula is C15H21NO2. The van der Waals surface area contributed by atoms with E-state index in [2.05, 4.69) is 12.1 Å². The third-order valence-electron chi connectivity index (χ3n) is 3.42. The minimum absolute atomic E-state index is 0.0414. The molecule has 0 saturated heterocycles. The standard InChI is InChI=1S/C15H21NO2/c16-11-4-3-10-15(17)18-14-9-5-7-12-6-1-2-8-13(12)14/h1-2,6,8,14H,3-5,7,9-11,16H2. The normalized spacial score (nSPS) is 18.2. The highest BCUT2D eigenvalue weighted by Gasteiger charge is 2.22. The molecule has 2 N–H and O–H groups in total. The zero-order chi connectivity index (χ0) is 12.8. The van der Waals surface area contributed by atoms with Gasteiger partial charge in [0, 0.05) is 6.42 Å². The van der Waals surface area contributed by atoms with Gasteiger partial charge in [0.2, 0.25) is 0 Å². The average molecular weight is 247 g/mol. The van der Waals surface area contributed by atoms with E-state index in [1.165, 1.54) is 11.1 Å². The van der Waals surface area contributed by atoms with E-state index in [1.807, 2.05) is 12.1 Å². The second-order valence-corrected chi connectivity index (χ2v) is 4.82. The van der Waals surface area contributed by atoms with Crippen molar-refractivity contribution in [3.05, 3.63) is 35.4 Å². The minimum Gasteiger partial charge on any atom is -0.457 e. The Hall–Kier alpha value is -1.35. The monoisotopic (exact) mass is 247 g/mol. The molecule has 3 heteroatoms. The Morgan fingerprint density at radius 2 is 2.17 bits per heavy atom. The first-order valence-corrected chi connectivity index (χ1v) is 6.78. The van der Waals surface area contributed by atoms with Gasteiger partial charge in [-0.15, -0.1) is 0 Å². The smallest absolute Gasteiger partial charge is 0.306 e. The van der Waals surface area contributed by atoms with Crippen LogP contribution in [0.2, 0.25) is 0 Å². The van der Waals surface area contributed by atoms with Crippen LogP contribution in [0.25, 0.3) is 0 Å². The molecule has 0 spiro atoms. The molecule has 0 amide bonds. The van der Waals surface area contributed by atoms with Crippen LogP contribution in [0.4, 0.5) is 0 Å². The molecule has 98 valence electrons. The molecule has 0 aromatic heterocycles. The van der Waals surface area contributed by atoms with Gasteiger partial charge >= 0.3 is 5.97 Å². The first kappa shape index (κ1) is 13.1. The molecule has 0 bridgehead atoms. The van der Waals surface area contributed by atoms with Crippen molar-refractivity contribution >= 4 is 5.97 Å². The fourth-order valence-electron chi connectivity index (χ4n) is 2.46. The minimum atomic E-state index is -0.0925. The van der Waals surface area contributed by atoms with Gasteiger partial charge in [0.05, 0.1) is 0 Å². The van der Waals surface area contributed by atoms with Crippen molar-refractivity contribution in [3.8, 4) is 0 Å². The van der Waals surface area contributed by atoms with Crippen molar-refractivity contribution in [2.75, 3.05) is 6.54 Å². The molecule has 0 saturated carbocycles. The van der Waals surface area contributed by atoms with Gasteiger partial charge in [0.1, 0.15) is 6.10 Å². The topological polar surface area (TPSA) is 52.3 Å². The third kappa shape index (κ3) is 3.33. The summed E-state index contributed by atoms with van der Waals surface area (Å²) in [4.78, 5) is 11.7. The van der Waals surface area contributed by atoms with Crippen LogP contribution in [-0.4, -0.2) is 12.5 Å². The lowest BCUT2D eigenvalue weighted by molar-refractivity contribution is -0.150. The number of ether oxygens (including phenoxy) is 1. The van der Waals surface area contributed by atoms with Gasteiger partial charge in [-0.3, -0.25) is 4.79 Å². The van der Waals surface area contributed by atoms with Gasteiger partial charge in [-0.05, 0) is 49.8 Å². The number of carbonyl (C=O) groups is 1. The van der Waals surface area contributed by atoms with Crippen molar-refractivity contribution in [1.29, 1.82) is 0 Å². The molecule has 1 atom stereocenters. The number of hydrogen-bond acceptors (Lipinski definition) is 3. The van der Waals surface area contributed by atoms with Crippen LogP contribution in [0.5, 0.6) is 0 Å². The Balaban J connectivity index is 1.92. The van der Waals surface area contributed by atoms with Gasteiger partial charge < -0.3 is 10.5 Å². The fraction of sp³-hybridized carbons (Fsp3) is 0.533. The molecule has 0 aliphatic heterocycles. The number of carbonyl (C=O) groups excluding carboxylic acids is 1. The summed E-state index contributed by atoms with van der Waals surface area (Å²) in [5, 5.41) is 0. The van der Waals surface area contributed by atoms with Crippen LogP contribution in [0.1, 0.15) is 49.3 Å². The molecular weight excluding hydrogens is 226 g/mol. The van der Waals surface area contributed by atoms with Crippen molar-refractivity contribution in [2.45, 2.75) is 44.6 Å². The van der Waals surface area contributed by atoms with Crippen LogP contribution in [0.3, 0.4) is 0 Å². The molecule has 18 heavy (non-hydrogen) atoms. The van der Waals surface area contributed by atoms with E-state index in [4.69, 9.17) is 10.5 Å². The third-order valence-corrected chi connectivity index (χ3v) is 3.42. The maximum Gasteiger partial charge on any atom is 0.306 e. The van der Waals surface area contributed by atoms with E-state index in [-0.39, 0.29) is 12.1 Å². The molecule has 2 rings (SSSR count). The number of benzene rings is 1. The van der Waals surface area contributed by atoms with E-state index in [0.29, 0.717) is 13.0 Å². The van der Waals surface area contributed by atoms with Gasteiger partial charge in [0.25, 0.3) is 0 Å². The van der Waals surface area contributed by atoms with E-state index in [9.17, 15) is 4.79 Å². The molecule has 1 aromatic rings. The number of nitrogens with two attached hydrogens (primary N) is 1. The zero-order valence-corrected chi connectivity index (χ0v) is 10.7. The SMILES string of the molecule is NCCCCC(=O)OC1CCCc2ccccc21. The second-order valence-electron chi connectivity index (χ2n) is 4.82. The molecule has 0 fully saturated rings. The van der Waals surface area contributed by atoms with Crippen LogP contribution in [-0.2, 0) is 16.0 Å². The molecule has 1 aliphatic rings. The lowest BCUT2D eigenvalue weighted by Gasteiger charge is -2.25. The number of hydrogen-bond donors (Lipinski definition) is 1. The Kier molecular flexibility index (Phi) is 4.76. The Labute approximate surface area is 108 Å². The Bertz CT molecular complexity index is 403. The van der Waals surface area contributed by atoms with E-state index in [0.717, 1.165) is 32.1 Å². The van der Waals surface area contributed by atoms with Crippen LogP contribution < -0.4 is 5.73 Å². The predicted octanol–water partition coefficient (Wildman–Crippen LogP) is 2.74. The number of esters is 1. The van der Waals surface area contributed by atoms with Crippen LogP contribution in [0, 0.1) is 0 Å². The van der Waals surface area contributed by atoms with Gasteiger partial charge in [-0.1, -0.05) is 24.3 Å². The highest BCUT2D eigenvalue weighted by Crippen LogP contribution is 2.32. The number of aryl methyl sites for hydroxylation is 1. The quantitative estimate of drug-likeness (QED) is 0.643. The number of fused-ring (bicyclic) bond motifs is 1. The van der Waals surface area contributed by atoms with E-state index < -0.39 is 0 Å². The zero-order valence-electron chi connectivity index (χ0n) is 10.7. The van der Waals surface area contributed by atoms with Crippen LogP contribution in [0.15, 0.2) is 24.3 Å². The van der Waals surface area contributed by atoms with Crippen molar-refractivity contribution in [1.82, 2.24) is 0 Å². The highest BCUT2D eigenvalue weighted by molar-refractivity contribution is 5.69. The van der Waals surface area contributed by atoms with Gasteiger partial charge in [-0.2, -0.15) is 0 Å². The van der Waals surface area contributed by atoms with Gasteiger partial charge in [0.15, 0.2) is 0 Å². The summed E-state index contributed by atoms with van der Waals surface area (Å²) in [6.07, 6.45) is 5.28. The van der Waals surface area contributed by atoms with Crippen LogP contribution >= 0.6 is 0 Å². The summed E-state index contributed by atoms with van der Waals surface area (Å²) >= 11 is 0. The highest BCUT2D eigenvalue weighted by atomic mass is 16.5. The summed E-state index contributed by atoms with van der Waals surface area (Å²) in [6.45, 7) is 0.638. The maximum absolute atomic E-state index is 11.7. The summed E-state index contributed by atoms with van der Waals surface area (Å²) in [6, 6.07) is 8.26. The van der Waals surface area contributed by atoms with Crippen molar-refractivity contribution < 1.29 is 9.53 Å². The molecule has 1 aromatic carbocycles. The Morgan fingerprint density at radius 3 is 3.00 bits per heavy atom. The summed E-state index contributed by atoms with van der Waals surface area (Å²) in [7, 11) is 0. The number of rotatable bonds is 5. The largest absolute Gasteiger partial charge is 0.457 e. The molecule has 3 nitrogen and oxygen atoms in total. The predicted molar refractivity (Wildman–Crippen MR) is 71.1 cm³/mol. The maximum atomic E-state index is 11.7. The summed E-state index contributed by atoms with van der Waals surface area (Å²) < 4.78 is 5.58. The van der Waals surface area contributed by atoms with E-state index >= 15 is 0 Å². The van der Waals surface area contributed by atoms with E-state index in [1.54, 1.807) is 0 Å². The molecule has 0 radical (unpaired) electrons. The van der Waals surface area contributed by atoms with Crippen molar-refractivity contribution in [2.24, 2.45) is 5.73 Å². The first-order valence-electron chi connectivity index (χ1n) is 6.78. The molecule has 1 aliphatic carbocycles. The average Bonchev–Trinajstić information content (AvgIpc) is 2.39. The number of unbranched alkanes of at least 4 members (excludes halogenated alkanes) is 1. The van der Waals surface area contributed by atoms with Crippen molar-refractivity contribution in [3.63, 3.8) is 0 Å². The summed E-state index contributed by atoms with van der Waals surface area (Å²) in [5.74, 6) is -0.0925. The summed E-state index contributed by atoms with van der Waals surface area (Å²) in [5.41, 5.74) is 7.92. The lowest BCUT2D eigenvalue weighted by Crippen LogP contribution is -2.16. The lowest BCUT2D eigenvalue weighted by atomic mass is 9.89. The second kappa shape index (κ2) is 6.55. The molecule has 0 heterocycles. The van der Waals surface area contributed by atoms with Gasteiger partial charge in [-0.25, -0.2) is 0 Å².